The average Bonchev–Trinajstić information content (AvgIpc) is 2.35. The molecular weight excluding hydrogens is 272 g/mol. The molecule has 0 amide bonds. The van der Waals surface area contributed by atoms with E-state index in [2.05, 4.69) is 5.32 Å². The first-order chi connectivity index (χ1) is 8.56. The number of anilines is 1. The molecule has 0 radical (unpaired) electrons. The zero-order valence-electron chi connectivity index (χ0n) is 9.81. The second-order valence-corrected chi connectivity index (χ2v) is 4.88. The molecule has 0 bridgehead atoms. The first-order valence-electron chi connectivity index (χ1n) is 5.50. The van der Waals surface area contributed by atoms with E-state index in [0.717, 1.165) is 11.3 Å². The van der Waals surface area contributed by atoms with Gasteiger partial charge in [0.05, 0.1) is 10.0 Å². The summed E-state index contributed by atoms with van der Waals surface area (Å²) >= 11 is 11.8. The number of hydrogen-bond acceptors (Lipinski definition) is 1. The maximum absolute atomic E-state index is 13.1. The summed E-state index contributed by atoms with van der Waals surface area (Å²) in [5.41, 5.74) is 2.54. The van der Waals surface area contributed by atoms with Crippen LogP contribution in [0.1, 0.15) is 11.1 Å². The highest BCUT2D eigenvalue weighted by Crippen LogP contribution is 2.25. The van der Waals surface area contributed by atoms with Crippen LogP contribution >= 0.6 is 23.2 Å². The predicted octanol–water partition coefficient (Wildman–Crippen LogP) is 5.05. The maximum Gasteiger partial charge on any atom is 0.126 e. The van der Waals surface area contributed by atoms with E-state index in [1.807, 2.05) is 12.1 Å². The minimum absolute atomic E-state index is 0.187. The van der Waals surface area contributed by atoms with E-state index in [0.29, 0.717) is 22.2 Å². The lowest BCUT2D eigenvalue weighted by Crippen LogP contribution is -2.00. The highest BCUT2D eigenvalue weighted by molar-refractivity contribution is 6.42. The van der Waals surface area contributed by atoms with Crippen LogP contribution in [0.25, 0.3) is 0 Å². The Hall–Kier alpha value is -1.25. The fourth-order valence-electron chi connectivity index (χ4n) is 1.63. The number of rotatable bonds is 3. The van der Waals surface area contributed by atoms with Crippen molar-refractivity contribution in [2.75, 3.05) is 5.32 Å². The predicted molar refractivity (Wildman–Crippen MR) is 74.9 cm³/mol. The number of aryl methyl sites for hydroxylation is 1. The van der Waals surface area contributed by atoms with E-state index < -0.39 is 0 Å². The number of halogens is 3. The molecule has 0 saturated heterocycles. The molecule has 0 aliphatic heterocycles. The molecule has 1 nitrogen and oxygen atoms in total. The van der Waals surface area contributed by atoms with Gasteiger partial charge in [-0.2, -0.15) is 0 Å². The molecule has 0 aliphatic rings. The Morgan fingerprint density at radius 1 is 1.06 bits per heavy atom. The van der Waals surface area contributed by atoms with Crippen LogP contribution in [0.5, 0.6) is 0 Å². The zero-order valence-corrected chi connectivity index (χ0v) is 11.3. The van der Waals surface area contributed by atoms with E-state index in [9.17, 15) is 4.39 Å². The summed E-state index contributed by atoms with van der Waals surface area (Å²) in [5, 5.41) is 4.25. The quantitative estimate of drug-likeness (QED) is 0.831. The van der Waals surface area contributed by atoms with Crippen molar-refractivity contribution in [3.8, 4) is 0 Å². The Bertz CT molecular complexity index is 518. The molecule has 1 N–H and O–H groups in total. The van der Waals surface area contributed by atoms with Gasteiger partial charge in [0.2, 0.25) is 0 Å². The Morgan fingerprint density at radius 2 is 1.83 bits per heavy atom. The highest BCUT2D eigenvalue weighted by Gasteiger charge is 2.01. The molecule has 0 aliphatic carbocycles. The zero-order chi connectivity index (χ0) is 13.1. The van der Waals surface area contributed by atoms with E-state index in [4.69, 9.17) is 23.2 Å². The third kappa shape index (κ3) is 3.15. The summed E-state index contributed by atoms with van der Waals surface area (Å²) in [6.07, 6.45) is 0. The van der Waals surface area contributed by atoms with Crippen molar-refractivity contribution < 1.29 is 4.39 Å². The fourth-order valence-corrected chi connectivity index (χ4v) is 1.93. The SMILES string of the molecule is Cc1cc(CNc2ccc(Cl)c(Cl)c2)ccc1F. The molecule has 0 heterocycles. The van der Waals surface area contributed by atoms with Crippen molar-refractivity contribution in [3.63, 3.8) is 0 Å². The Balaban J connectivity index is 2.06. The molecule has 0 saturated carbocycles. The molecule has 0 fully saturated rings. The summed E-state index contributed by atoms with van der Waals surface area (Å²) in [5.74, 6) is -0.187. The van der Waals surface area contributed by atoms with Gasteiger partial charge in [-0.3, -0.25) is 0 Å². The van der Waals surface area contributed by atoms with Crippen molar-refractivity contribution in [1.82, 2.24) is 0 Å². The van der Waals surface area contributed by atoms with Gasteiger partial charge in [0.1, 0.15) is 5.82 Å². The third-order valence-electron chi connectivity index (χ3n) is 2.64. The minimum Gasteiger partial charge on any atom is -0.381 e. The van der Waals surface area contributed by atoms with Crippen LogP contribution in [0.15, 0.2) is 36.4 Å². The molecule has 94 valence electrons. The Morgan fingerprint density at radius 3 is 2.50 bits per heavy atom. The van der Waals surface area contributed by atoms with Crippen LogP contribution in [-0.4, -0.2) is 0 Å². The molecular formula is C14H12Cl2FN. The van der Waals surface area contributed by atoms with Gasteiger partial charge in [0.15, 0.2) is 0 Å². The summed E-state index contributed by atoms with van der Waals surface area (Å²) in [7, 11) is 0. The van der Waals surface area contributed by atoms with Crippen LogP contribution in [0, 0.1) is 12.7 Å². The van der Waals surface area contributed by atoms with Crippen molar-refractivity contribution in [3.05, 3.63) is 63.4 Å². The van der Waals surface area contributed by atoms with Crippen molar-refractivity contribution in [2.45, 2.75) is 13.5 Å². The van der Waals surface area contributed by atoms with Gasteiger partial charge in [0.25, 0.3) is 0 Å². The van der Waals surface area contributed by atoms with E-state index in [-0.39, 0.29) is 5.82 Å². The van der Waals surface area contributed by atoms with Gasteiger partial charge in [-0.25, -0.2) is 4.39 Å². The lowest BCUT2D eigenvalue weighted by atomic mass is 10.1. The first kappa shape index (κ1) is 13.2. The second-order valence-electron chi connectivity index (χ2n) is 4.07. The second kappa shape index (κ2) is 5.59. The van der Waals surface area contributed by atoms with Gasteiger partial charge in [-0.05, 0) is 42.3 Å². The van der Waals surface area contributed by atoms with Gasteiger partial charge in [-0.1, -0.05) is 35.3 Å². The average molecular weight is 284 g/mol. The fraction of sp³-hybridized carbons (Fsp3) is 0.143. The summed E-state index contributed by atoms with van der Waals surface area (Å²) < 4.78 is 13.1. The van der Waals surface area contributed by atoms with Crippen molar-refractivity contribution in [2.24, 2.45) is 0 Å². The molecule has 18 heavy (non-hydrogen) atoms. The number of benzene rings is 2. The lowest BCUT2D eigenvalue weighted by Gasteiger charge is -2.08. The highest BCUT2D eigenvalue weighted by atomic mass is 35.5. The molecule has 0 aromatic heterocycles. The minimum atomic E-state index is -0.187. The monoisotopic (exact) mass is 283 g/mol. The number of nitrogens with one attached hydrogen (secondary N) is 1. The maximum atomic E-state index is 13.1. The molecule has 2 rings (SSSR count). The molecule has 2 aromatic rings. The van der Waals surface area contributed by atoms with Crippen LogP contribution in [0.2, 0.25) is 10.0 Å². The summed E-state index contributed by atoms with van der Waals surface area (Å²) in [6, 6.07) is 10.4. The number of hydrogen-bond donors (Lipinski definition) is 1. The first-order valence-corrected chi connectivity index (χ1v) is 6.26. The topological polar surface area (TPSA) is 12.0 Å². The van der Waals surface area contributed by atoms with E-state index >= 15 is 0 Å². The van der Waals surface area contributed by atoms with Gasteiger partial charge < -0.3 is 5.32 Å². The van der Waals surface area contributed by atoms with Gasteiger partial charge in [-0.15, -0.1) is 0 Å². The largest absolute Gasteiger partial charge is 0.381 e. The smallest absolute Gasteiger partial charge is 0.126 e. The molecule has 0 atom stereocenters. The van der Waals surface area contributed by atoms with E-state index in [1.165, 1.54) is 6.07 Å². The van der Waals surface area contributed by atoms with Crippen molar-refractivity contribution >= 4 is 28.9 Å². The molecule has 0 spiro atoms. The normalized spacial score (nSPS) is 10.4. The molecule has 2 aromatic carbocycles. The van der Waals surface area contributed by atoms with Gasteiger partial charge in [0, 0.05) is 12.2 Å². The summed E-state index contributed by atoms with van der Waals surface area (Å²) in [6.45, 7) is 2.36. The van der Waals surface area contributed by atoms with E-state index in [1.54, 1.807) is 25.1 Å². The van der Waals surface area contributed by atoms with Crippen LogP contribution in [0.3, 0.4) is 0 Å². The lowest BCUT2D eigenvalue weighted by molar-refractivity contribution is 0.617. The molecule has 4 heteroatoms. The van der Waals surface area contributed by atoms with Crippen LogP contribution < -0.4 is 5.32 Å². The standard InChI is InChI=1S/C14H12Cl2FN/c1-9-6-10(2-5-14(9)17)8-18-11-3-4-12(15)13(16)7-11/h2-7,18H,8H2,1H3. The Labute approximate surface area is 116 Å². The van der Waals surface area contributed by atoms with Gasteiger partial charge >= 0.3 is 0 Å². The van der Waals surface area contributed by atoms with Crippen LogP contribution in [-0.2, 0) is 6.54 Å². The van der Waals surface area contributed by atoms with Crippen molar-refractivity contribution in [1.29, 1.82) is 0 Å². The Kier molecular flexibility index (Phi) is 4.10. The summed E-state index contributed by atoms with van der Waals surface area (Å²) in [4.78, 5) is 0. The third-order valence-corrected chi connectivity index (χ3v) is 3.38. The molecule has 0 unspecified atom stereocenters. The van der Waals surface area contributed by atoms with Crippen LogP contribution in [0.4, 0.5) is 10.1 Å².